The van der Waals surface area contributed by atoms with E-state index in [0.717, 1.165) is 18.0 Å². The van der Waals surface area contributed by atoms with E-state index in [-0.39, 0.29) is 0 Å². The molecule has 3 rings (SSSR count). The molecule has 15 heavy (non-hydrogen) atoms. The van der Waals surface area contributed by atoms with Crippen molar-refractivity contribution in [2.75, 3.05) is 0 Å². The van der Waals surface area contributed by atoms with E-state index in [1.54, 1.807) is 5.56 Å². The lowest BCUT2D eigenvalue weighted by Gasteiger charge is -2.29. The van der Waals surface area contributed by atoms with E-state index in [9.17, 15) is 0 Å². The van der Waals surface area contributed by atoms with Crippen molar-refractivity contribution in [1.82, 2.24) is 5.32 Å². The van der Waals surface area contributed by atoms with E-state index in [4.69, 9.17) is 0 Å². The normalized spacial score (nSPS) is 34.3. The number of benzene rings is 1. The first-order chi connectivity index (χ1) is 7.31. The maximum atomic E-state index is 3.70. The highest BCUT2D eigenvalue weighted by atomic mass is 15.0. The van der Waals surface area contributed by atoms with Crippen LogP contribution in [0.25, 0.3) is 0 Å². The molecule has 1 heteroatoms. The van der Waals surface area contributed by atoms with Crippen LogP contribution in [0.5, 0.6) is 0 Å². The summed E-state index contributed by atoms with van der Waals surface area (Å²) in [4.78, 5) is 0. The number of hydrogen-bond donors (Lipinski definition) is 1. The van der Waals surface area contributed by atoms with Crippen LogP contribution in [0.3, 0.4) is 0 Å². The van der Waals surface area contributed by atoms with Gasteiger partial charge in [-0.2, -0.15) is 0 Å². The van der Waals surface area contributed by atoms with Gasteiger partial charge in [-0.15, -0.1) is 0 Å². The lowest BCUT2D eigenvalue weighted by atomic mass is 9.86. The maximum Gasteiger partial charge on any atom is 0.00760 e. The maximum absolute atomic E-state index is 3.70. The zero-order chi connectivity index (χ0) is 10.3. The standard InChI is InChI=1S/C14H19N/c1-10-2-4-11(5-3-10)12-8-13-6-7-14(9-12)15-13/h2-5,12-15H,6-9H2,1H3. The lowest BCUT2D eigenvalue weighted by Crippen LogP contribution is -2.37. The predicted molar refractivity (Wildman–Crippen MR) is 63.1 cm³/mol. The zero-order valence-electron chi connectivity index (χ0n) is 9.37. The summed E-state index contributed by atoms with van der Waals surface area (Å²) in [6, 6.07) is 10.7. The van der Waals surface area contributed by atoms with Gasteiger partial charge in [0.15, 0.2) is 0 Å². The lowest BCUT2D eigenvalue weighted by molar-refractivity contribution is 0.363. The molecule has 2 aliphatic heterocycles. The van der Waals surface area contributed by atoms with Gasteiger partial charge in [-0.25, -0.2) is 0 Å². The molecule has 0 amide bonds. The predicted octanol–water partition coefficient (Wildman–Crippen LogP) is 2.99. The molecule has 2 bridgehead atoms. The third-order valence-electron chi connectivity index (χ3n) is 4.02. The molecule has 1 N–H and O–H groups in total. The highest BCUT2D eigenvalue weighted by Crippen LogP contribution is 2.36. The second-order valence-corrected chi connectivity index (χ2v) is 5.22. The number of rotatable bonds is 1. The van der Waals surface area contributed by atoms with E-state index in [2.05, 4.69) is 36.5 Å². The van der Waals surface area contributed by atoms with Gasteiger partial charge < -0.3 is 5.32 Å². The van der Waals surface area contributed by atoms with Crippen LogP contribution in [0.4, 0.5) is 0 Å². The second-order valence-electron chi connectivity index (χ2n) is 5.22. The smallest absolute Gasteiger partial charge is 0.00760 e. The van der Waals surface area contributed by atoms with Crippen LogP contribution in [0.15, 0.2) is 24.3 Å². The first-order valence-corrected chi connectivity index (χ1v) is 6.14. The molecule has 0 aliphatic carbocycles. The fourth-order valence-corrected chi connectivity index (χ4v) is 3.17. The number of fused-ring (bicyclic) bond motifs is 2. The fraction of sp³-hybridized carbons (Fsp3) is 0.571. The number of nitrogens with one attached hydrogen (secondary N) is 1. The van der Waals surface area contributed by atoms with Crippen molar-refractivity contribution in [3.8, 4) is 0 Å². The topological polar surface area (TPSA) is 12.0 Å². The van der Waals surface area contributed by atoms with Crippen molar-refractivity contribution < 1.29 is 0 Å². The highest BCUT2D eigenvalue weighted by molar-refractivity contribution is 5.25. The van der Waals surface area contributed by atoms with Crippen LogP contribution in [0.1, 0.15) is 42.7 Å². The summed E-state index contributed by atoms with van der Waals surface area (Å²) < 4.78 is 0. The molecular weight excluding hydrogens is 182 g/mol. The SMILES string of the molecule is Cc1ccc(C2CC3CCC(C2)N3)cc1. The third-order valence-corrected chi connectivity index (χ3v) is 4.02. The van der Waals surface area contributed by atoms with Crippen LogP contribution in [0.2, 0.25) is 0 Å². The molecule has 2 atom stereocenters. The van der Waals surface area contributed by atoms with Crippen LogP contribution in [0, 0.1) is 6.92 Å². The number of hydrogen-bond acceptors (Lipinski definition) is 1. The molecule has 2 aliphatic rings. The van der Waals surface area contributed by atoms with Gasteiger partial charge >= 0.3 is 0 Å². The minimum absolute atomic E-state index is 0.801. The minimum Gasteiger partial charge on any atom is -0.311 e. The molecule has 1 aromatic rings. The van der Waals surface area contributed by atoms with Crippen LogP contribution < -0.4 is 5.32 Å². The Kier molecular flexibility index (Phi) is 2.28. The van der Waals surface area contributed by atoms with Crippen LogP contribution in [-0.2, 0) is 0 Å². The molecule has 2 fully saturated rings. The summed E-state index contributed by atoms with van der Waals surface area (Å²) in [5, 5.41) is 3.70. The van der Waals surface area contributed by atoms with E-state index < -0.39 is 0 Å². The second kappa shape index (κ2) is 3.64. The van der Waals surface area contributed by atoms with Crippen molar-refractivity contribution in [3.63, 3.8) is 0 Å². The van der Waals surface area contributed by atoms with Gasteiger partial charge in [-0.05, 0) is 44.1 Å². The summed E-state index contributed by atoms with van der Waals surface area (Å²) in [6.07, 6.45) is 5.49. The Morgan fingerprint density at radius 3 is 2.20 bits per heavy atom. The Morgan fingerprint density at radius 2 is 1.60 bits per heavy atom. The molecule has 2 heterocycles. The molecular formula is C14H19N. The minimum atomic E-state index is 0.801. The summed E-state index contributed by atoms with van der Waals surface area (Å²) in [5.41, 5.74) is 2.93. The van der Waals surface area contributed by atoms with Gasteiger partial charge in [0.25, 0.3) is 0 Å². The van der Waals surface area contributed by atoms with Gasteiger partial charge in [0.1, 0.15) is 0 Å². The van der Waals surface area contributed by atoms with Gasteiger partial charge in [0.2, 0.25) is 0 Å². The van der Waals surface area contributed by atoms with Crippen molar-refractivity contribution >= 4 is 0 Å². The molecule has 0 aromatic heterocycles. The van der Waals surface area contributed by atoms with E-state index in [0.29, 0.717) is 0 Å². The van der Waals surface area contributed by atoms with Crippen LogP contribution in [-0.4, -0.2) is 12.1 Å². The average Bonchev–Trinajstić information content (AvgIpc) is 2.59. The van der Waals surface area contributed by atoms with Crippen LogP contribution >= 0.6 is 0 Å². The van der Waals surface area contributed by atoms with Crippen molar-refractivity contribution in [2.45, 2.75) is 50.6 Å². The monoisotopic (exact) mass is 201 g/mol. The Morgan fingerprint density at radius 1 is 1.00 bits per heavy atom. The van der Waals surface area contributed by atoms with Crippen molar-refractivity contribution in [2.24, 2.45) is 0 Å². The molecule has 0 radical (unpaired) electrons. The zero-order valence-corrected chi connectivity index (χ0v) is 9.37. The highest BCUT2D eigenvalue weighted by Gasteiger charge is 2.33. The quantitative estimate of drug-likeness (QED) is 0.736. The molecule has 0 saturated carbocycles. The molecule has 80 valence electrons. The average molecular weight is 201 g/mol. The molecule has 2 saturated heterocycles. The summed E-state index contributed by atoms with van der Waals surface area (Å²) in [6.45, 7) is 2.16. The van der Waals surface area contributed by atoms with Crippen molar-refractivity contribution in [3.05, 3.63) is 35.4 Å². The first kappa shape index (κ1) is 9.41. The van der Waals surface area contributed by atoms with E-state index >= 15 is 0 Å². The van der Waals surface area contributed by atoms with Gasteiger partial charge in [-0.1, -0.05) is 29.8 Å². The molecule has 2 unspecified atom stereocenters. The fourth-order valence-electron chi connectivity index (χ4n) is 3.17. The summed E-state index contributed by atoms with van der Waals surface area (Å²) in [5.74, 6) is 0.810. The van der Waals surface area contributed by atoms with Gasteiger partial charge in [0, 0.05) is 12.1 Å². The molecule has 0 spiro atoms. The number of aryl methyl sites for hydroxylation is 1. The summed E-state index contributed by atoms with van der Waals surface area (Å²) in [7, 11) is 0. The summed E-state index contributed by atoms with van der Waals surface area (Å²) >= 11 is 0. The number of piperidine rings is 1. The van der Waals surface area contributed by atoms with E-state index in [1.165, 1.54) is 31.2 Å². The third kappa shape index (κ3) is 1.81. The van der Waals surface area contributed by atoms with Gasteiger partial charge in [0.05, 0.1) is 0 Å². The Hall–Kier alpha value is -0.820. The Labute approximate surface area is 91.9 Å². The first-order valence-electron chi connectivity index (χ1n) is 6.14. The van der Waals surface area contributed by atoms with Crippen molar-refractivity contribution in [1.29, 1.82) is 0 Å². The Bertz CT molecular complexity index is 329. The van der Waals surface area contributed by atoms with E-state index in [1.807, 2.05) is 0 Å². The molecule has 1 aromatic carbocycles. The molecule has 1 nitrogen and oxygen atoms in total. The van der Waals surface area contributed by atoms with Gasteiger partial charge in [-0.3, -0.25) is 0 Å². The Balaban J connectivity index is 1.80. The largest absolute Gasteiger partial charge is 0.311 e.